The summed E-state index contributed by atoms with van der Waals surface area (Å²) >= 11 is 0. The van der Waals surface area contributed by atoms with Crippen LogP contribution in [0.15, 0.2) is 5.10 Å². The van der Waals surface area contributed by atoms with E-state index in [2.05, 4.69) is 10.5 Å². The number of rotatable bonds is 2. The molecule has 1 amide bonds. The molecule has 1 heterocycles. The molecule has 3 heteroatoms. The van der Waals surface area contributed by atoms with Crippen LogP contribution in [-0.4, -0.2) is 11.6 Å². The van der Waals surface area contributed by atoms with Gasteiger partial charge in [-0.05, 0) is 68.1 Å². The third-order valence-corrected chi connectivity index (χ3v) is 5.45. The van der Waals surface area contributed by atoms with Crippen molar-refractivity contribution in [2.24, 2.45) is 28.3 Å². The highest BCUT2D eigenvalue weighted by atomic mass is 16.2. The number of hydrogen-bond acceptors (Lipinski definition) is 2. The Hall–Kier alpha value is -0.860. The summed E-state index contributed by atoms with van der Waals surface area (Å²) in [6, 6.07) is 0. The Kier molecular flexibility index (Phi) is 1.98. The standard InChI is InChI=1S/C14H20N2O/c17-13-4-12(15-16-13)8-14-5-9-1-10(6-14)3-11(2-9)7-14/h9-11H,1-8H2,(H,16,17). The van der Waals surface area contributed by atoms with Crippen molar-refractivity contribution in [3.63, 3.8) is 0 Å². The van der Waals surface area contributed by atoms with Crippen molar-refractivity contribution < 1.29 is 4.79 Å². The molecule has 5 aliphatic rings. The molecular formula is C14H20N2O. The molecule has 0 unspecified atom stereocenters. The molecule has 0 aromatic heterocycles. The average molecular weight is 232 g/mol. The molecule has 92 valence electrons. The number of hydrogen-bond donors (Lipinski definition) is 1. The van der Waals surface area contributed by atoms with Crippen molar-refractivity contribution in [3.05, 3.63) is 0 Å². The lowest BCUT2D eigenvalue weighted by atomic mass is 9.48. The van der Waals surface area contributed by atoms with Crippen molar-refractivity contribution in [2.45, 2.75) is 51.4 Å². The zero-order chi connectivity index (χ0) is 11.5. The lowest BCUT2D eigenvalue weighted by Crippen LogP contribution is -2.46. The SMILES string of the molecule is O=C1CC(CC23CC4CC(CC(C4)C2)C3)=NN1. The van der Waals surface area contributed by atoms with Crippen molar-refractivity contribution in [1.82, 2.24) is 5.43 Å². The third kappa shape index (κ3) is 1.62. The van der Waals surface area contributed by atoms with Gasteiger partial charge in [-0.2, -0.15) is 5.10 Å². The van der Waals surface area contributed by atoms with Gasteiger partial charge < -0.3 is 0 Å². The van der Waals surface area contributed by atoms with Gasteiger partial charge >= 0.3 is 0 Å². The number of nitrogens with zero attached hydrogens (tertiary/aromatic N) is 1. The number of carbonyl (C=O) groups is 1. The fourth-order valence-electron chi connectivity index (χ4n) is 5.45. The maximum atomic E-state index is 11.2. The third-order valence-electron chi connectivity index (χ3n) is 5.45. The molecule has 1 aliphatic heterocycles. The van der Waals surface area contributed by atoms with E-state index in [4.69, 9.17) is 0 Å². The molecule has 4 fully saturated rings. The molecule has 4 aliphatic carbocycles. The summed E-state index contributed by atoms with van der Waals surface area (Å²) < 4.78 is 0. The Morgan fingerprint density at radius 1 is 1.12 bits per heavy atom. The van der Waals surface area contributed by atoms with Crippen LogP contribution in [0.5, 0.6) is 0 Å². The fraction of sp³-hybridized carbons (Fsp3) is 0.857. The second-order valence-corrected chi connectivity index (χ2v) is 6.98. The lowest BCUT2D eigenvalue weighted by molar-refractivity contribution is -0.119. The van der Waals surface area contributed by atoms with E-state index in [1.807, 2.05) is 0 Å². The predicted octanol–water partition coefficient (Wildman–Crippen LogP) is 2.47. The van der Waals surface area contributed by atoms with Gasteiger partial charge in [0.15, 0.2) is 0 Å². The molecule has 4 saturated carbocycles. The van der Waals surface area contributed by atoms with Gasteiger partial charge in [-0.3, -0.25) is 4.79 Å². The molecule has 0 saturated heterocycles. The van der Waals surface area contributed by atoms with E-state index in [1.54, 1.807) is 0 Å². The Balaban J connectivity index is 1.55. The smallest absolute Gasteiger partial charge is 0.245 e. The van der Waals surface area contributed by atoms with E-state index in [0.29, 0.717) is 11.8 Å². The number of nitrogens with one attached hydrogen (secondary N) is 1. The first-order valence-electron chi connectivity index (χ1n) is 7.05. The highest BCUT2D eigenvalue weighted by Gasteiger charge is 2.51. The molecule has 5 rings (SSSR count). The zero-order valence-corrected chi connectivity index (χ0v) is 10.2. The monoisotopic (exact) mass is 232 g/mol. The van der Waals surface area contributed by atoms with Crippen molar-refractivity contribution in [1.29, 1.82) is 0 Å². The minimum absolute atomic E-state index is 0.0877. The van der Waals surface area contributed by atoms with E-state index in [-0.39, 0.29) is 5.91 Å². The fourth-order valence-corrected chi connectivity index (χ4v) is 5.45. The minimum Gasteiger partial charge on any atom is -0.273 e. The molecular weight excluding hydrogens is 212 g/mol. The quantitative estimate of drug-likeness (QED) is 0.780. The van der Waals surface area contributed by atoms with Gasteiger partial charge in [-0.15, -0.1) is 0 Å². The summed E-state index contributed by atoms with van der Waals surface area (Å²) in [7, 11) is 0. The topological polar surface area (TPSA) is 41.5 Å². The number of amides is 1. The van der Waals surface area contributed by atoms with Gasteiger partial charge in [0.05, 0.1) is 6.42 Å². The van der Waals surface area contributed by atoms with E-state index in [1.165, 1.54) is 38.5 Å². The van der Waals surface area contributed by atoms with Crippen LogP contribution >= 0.6 is 0 Å². The molecule has 0 aromatic carbocycles. The summed E-state index contributed by atoms with van der Waals surface area (Å²) in [4.78, 5) is 11.2. The van der Waals surface area contributed by atoms with Crippen LogP contribution < -0.4 is 5.43 Å². The summed E-state index contributed by atoms with van der Waals surface area (Å²) in [6.45, 7) is 0. The number of carbonyl (C=O) groups excluding carboxylic acids is 1. The maximum absolute atomic E-state index is 11.2. The Labute approximate surface area is 102 Å². The first kappa shape index (κ1) is 10.1. The highest BCUT2D eigenvalue weighted by Crippen LogP contribution is 2.61. The summed E-state index contributed by atoms with van der Waals surface area (Å²) in [6.07, 6.45) is 10.3. The molecule has 3 nitrogen and oxygen atoms in total. The van der Waals surface area contributed by atoms with Crippen molar-refractivity contribution in [2.75, 3.05) is 0 Å². The van der Waals surface area contributed by atoms with E-state index in [9.17, 15) is 4.79 Å². The van der Waals surface area contributed by atoms with Crippen LogP contribution in [0, 0.1) is 23.2 Å². The molecule has 0 aromatic rings. The molecule has 1 N–H and O–H groups in total. The van der Waals surface area contributed by atoms with Gasteiger partial charge in [0, 0.05) is 5.71 Å². The Morgan fingerprint density at radius 3 is 2.18 bits per heavy atom. The average Bonchev–Trinajstić information content (AvgIpc) is 2.60. The van der Waals surface area contributed by atoms with Crippen LogP contribution in [0.3, 0.4) is 0 Å². The number of hydrazone groups is 1. The van der Waals surface area contributed by atoms with Gasteiger partial charge in [0.1, 0.15) is 0 Å². The molecule has 0 spiro atoms. The first-order chi connectivity index (χ1) is 8.21. The predicted molar refractivity (Wildman–Crippen MR) is 65.4 cm³/mol. The van der Waals surface area contributed by atoms with E-state index in [0.717, 1.165) is 29.9 Å². The summed E-state index contributed by atoms with van der Waals surface area (Å²) in [5.74, 6) is 3.07. The highest BCUT2D eigenvalue weighted by molar-refractivity contribution is 6.05. The summed E-state index contributed by atoms with van der Waals surface area (Å²) in [5.41, 5.74) is 4.25. The normalized spacial score (nSPS) is 47.2. The Morgan fingerprint density at radius 2 is 1.71 bits per heavy atom. The first-order valence-corrected chi connectivity index (χ1v) is 7.05. The van der Waals surface area contributed by atoms with Crippen LogP contribution in [0.25, 0.3) is 0 Å². The van der Waals surface area contributed by atoms with Crippen molar-refractivity contribution >= 4 is 11.6 Å². The van der Waals surface area contributed by atoms with Crippen molar-refractivity contribution in [3.8, 4) is 0 Å². The van der Waals surface area contributed by atoms with Crippen LogP contribution in [0.4, 0.5) is 0 Å². The van der Waals surface area contributed by atoms with Gasteiger partial charge in [-0.25, -0.2) is 5.43 Å². The van der Waals surface area contributed by atoms with Gasteiger partial charge in [0.2, 0.25) is 5.91 Å². The second kappa shape index (κ2) is 3.33. The lowest BCUT2D eigenvalue weighted by Gasteiger charge is -2.57. The van der Waals surface area contributed by atoms with Crippen LogP contribution in [0.2, 0.25) is 0 Å². The summed E-state index contributed by atoms with van der Waals surface area (Å²) in [5, 5.41) is 4.21. The van der Waals surface area contributed by atoms with Crippen LogP contribution in [0.1, 0.15) is 51.4 Å². The molecule has 17 heavy (non-hydrogen) atoms. The maximum Gasteiger partial charge on any atom is 0.245 e. The largest absolute Gasteiger partial charge is 0.273 e. The van der Waals surface area contributed by atoms with Gasteiger partial charge in [0.25, 0.3) is 0 Å². The second-order valence-electron chi connectivity index (χ2n) is 6.98. The molecule has 0 radical (unpaired) electrons. The van der Waals surface area contributed by atoms with Crippen LogP contribution in [-0.2, 0) is 4.79 Å². The van der Waals surface area contributed by atoms with Gasteiger partial charge in [-0.1, -0.05) is 0 Å². The zero-order valence-electron chi connectivity index (χ0n) is 10.2. The van der Waals surface area contributed by atoms with E-state index < -0.39 is 0 Å². The molecule has 0 atom stereocenters. The molecule has 4 bridgehead atoms. The Bertz CT molecular complexity index is 364. The minimum atomic E-state index is 0.0877. The van der Waals surface area contributed by atoms with E-state index >= 15 is 0 Å².